The fraction of sp³-hybridized carbons (Fsp3) is 0.294. The third kappa shape index (κ3) is 2.87. The quantitative estimate of drug-likeness (QED) is 0.585. The SMILES string of the molecule is CC[C@H](Nc1nc(-c2ccncc2)nc2c1cnn2C)c1nc(C)no1. The number of hydrogen-bond donors (Lipinski definition) is 1. The number of nitrogens with one attached hydrogen (secondary N) is 1. The maximum absolute atomic E-state index is 5.33. The number of rotatable bonds is 5. The highest BCUT2D eigenvalue weighted by atomic mass is 16.5. The van der Waals surface area contributed by atoms with Crippen LogP contribution >= 0.6 is 0 Å². The maximum Gasteiger partial charge on any atom is 0.249 e. The molecular weight excluding hydrogens is 332 g/mol. The minimum absolute atomic E-state index is 0.153. The normalized spacial score (nSPS) is 12.4. The zero-order valence-corrected chi connectivity index (χ0v) is 14.7. The number of hydrogen-bond acceptors (Lipinski definition) is 8. The molecule has 132 valence electrons. The van der Waals surface area contributed by atoms with E-state index < -0.39 is 0 Å². The van der Waals surface area contributed by atoms with Crippen LogP contribution < -0.4 is 5.32 Å². The summed E-state index contributed by atoms with van der Waals surface area (Å²) < 4.78 is 7.05. The monoisotopic (exact) mass is 350 g/mol. The average molecular weight is 350 g/mol. The van der Waals surface area contributed by atoms with Crippen molar-refractivity contribution < 1.29 is 4.52 Å². The molecule has 0 radical (unpaired) electrons. The van der Waals surface area contributed by atoms with Crippen LogP contribution in [0.5, 0.6) is 0 Å². The van der Waals surface area contributed by atoms with E-state index in [4.69, 9.17) is 9.51 Å². The lowest BCUT2D eigenvalue weighted by Gasteiger charge is -2.15. The van der Waals surface area contributed by atoms with Gasteiger partial charge < -0.3 is 9.84 Å². The van der Waals surface area contributed by atoms with Crippen molar-refractivity contribution in [2.75, 3.05) is 5.32 Å². The zero-order chi connectivity index (χ0) is 18.1. The standard InChI is InChI=1S/C17H18N8O/c1-4-13(17-20-10(2)24-26-17)21-15-12-9-19-25(3)16(12)23-14(22-15)11-5-7-18-8-6-11/h5-9,13H,4H2,1-3H3,(H,21,22,23)/t13-/m0/s1. The predicted molar refractivity (Wildman–Crippen MR) is 95.2 cm³/mol. The van der Waals surface area contributed by atoms with Gasteiger partial charge in [-0.2, -0.15) is 10.1 Å². The molecule has 4 rings (SSSR count). The first-order valence-corrected chi connectivity index (χ1v) is 8.32. The summed E-state index contributed by atoms with van der Waals surface area (Å²) in [5.74, 6) is 2.42. The van der Waals surface area contributed by atoms with Crippen molar-refractivity contribution in [3.63, 3.8) is 0 Å². The highest BCUT2D eigenvalue weighted by Crippen LogP contribution is 2.28. The van der Waals surface area contributed by atoms with E-state index >= 15 is 0 Å². The number of anilines is 1. The number of aryl methyl sites for hydroxylation is 2. The summed E-state index contributed by atoms with van der Waals surface area (Å²) in [5.41, 5.74) is 1.62. The third-order valence-electron chi connectivity index (χ3n) is 4.09. The molecule has 0 saturated heterocycles. The van der Waals surface area contributed by atoms with Gasteiger partial charge in [0, 0.05) is 25.0 Å². The van der Waals surface area contributed by atoms with Gasteiger partial charge in [0.2, 0.25) is 5.89 Å². The van der Waals surface area contributed by atoms with Crippen LogP contribution in [0.15, 0.2) is 35.2 Å². The molecule has 0 aliphatic carbocycles. The Bertz CT molecular complexity index is 1040. The minimum atomic E-state index is -0.153. The highest BCUT2D eigenvalue weighted by molar-refractivity contribution is 5.88. The molecule has 1 atom stereocenters. The van der Waals surface area contributed by atoms with Crippen LogP contribution in [0, 0.1) is 6.92 Å². The Hall–Kier alpha value is -3.36. The van der Waals surface area contributed by atoms with Crippen molar-refractivity contribution in [3.8, 4) is 11.4 Å². The van der Waals surface area contributed by atoms with Gasteiger partial charge >= 0.3 is 0 Å². The van der Waals surface area contributed by atoms with Crippen molar-refractivity contribution in [2.24, 2.45) is 7.05 Å². The van der Waals surface area contributed by atoms with Crippen LogP contribution in [-0.4, -0.2) is 34.9 Å². The lowest BCUT2D eigenvalue weighted by Crippen LogP contribution is -2.12. The molecule has 4 aromatic heterocycles. The molecule has 0 amide bonds. The third-order valence-corrected chi connectivity index (χ3v) is 4.09. The van der Waals surface area contributed by atoms with Gasteiger partial charge in [-0.3, -0.25) is 9.67 Å². The van der Waals surface area contributed by atoms with Crippen molar-refractivity contribution in [1.82, 2.24) is 34.9 Å². The lowest BCUT2D eigenvalue weighted by atomic mass is 10.2. The Kier molecular flexibility index (Phi) is 4.04. The highest BCUT2D eigenvalue weighted by Gasteiger charge is 2.20. The van der Waals surface area contributed by atoms with E-state index in [-0.39, 0.29) is 6.04 Å². The summed E-state index contributed by atoms with van der Waals surface area (Å²) in [4.78, 5) is 17.7. The first-order valence-electron chi connectivity index (χ1n) is 8.32. The van der Waals surface area contributed by atoms with Crippen molar-refractivity contribution in [1.29, 1.82) is 0 Å². The molecule has 9 heteroatoms. The number of nitrogens with zero attached hydrogens (tertiary/aromatic N) is 7. The molecule has 0 bridgehead atoms. The maximum atomic E-state index is 5.33. The van der Waals surface area contributed by atoms with E-state index in [1.54, 1.807) is 30.2 Å². The molecular formula is C17H18N8O. The largest absolute Gasteiger partial charge is 0.358 e. The second-order valence-corrected chi connectivity index (χ2v) is 5.92. The van der Waals surface area contributed by atoms with E-state index in [0.717, 1.165) is 23.0 Å². The molecule has 0 fully saturated rings. The molecule has 1 N–H and O–H groups in total. The van der Waals surface area contributed by atoms with Crippen LogP contribution in [-0.2, 0) is 7.05 Å². The van der Waals surface area contributed by atoms with Gasteiger partial charge in [0.05, 0.1) is 11.6 Å². The summed E-state index contributed by atoms with van der Waals surface area (Å²) in [6, 6.07) is 3.60. The minimum Gasteiger partial charge on any atom is -0.358 e. The Labute approximate surface area is 149 Å². The van der Waals surface area contributed by atoms with E-state index in [9.17, 15) is 0 Å². The van der Waals surface area contributed by atoms with Crippen LogP contribution in [0.3, 0.4) is 0 Å². The topological polar surface area (TPSA) is 107 Å². The summed E-state index contributed by atoms with van der Waals surface area (Å²) in [5, 5.41) is 12.4. The molecule has 0 aromatic carbocycles. The molecule has 26 heavy (non-hydrogen) atoms. The van der Waals surface area contributed by atoms with Gasteiger partial charge in [-0.15, -0.1) is 0 Å². The van der Waals surface area contributed by atoms with Gasteiger partial charge in [-0.1, -0.05) is 12.1 Å². The van der Waals surface area contributed by atoms with Crippen LogP contribution in [0.2, 0.25) is 0 Å². The van der Waals surface area contributed by atoms with Crippen LogP contribution in [0.1, 0.15) is 31.1 Å². The Morgan fingerprint density at radius 1 is 1.19 bits per heavy atom. The molecule has 9 nitrogen and oxygen atoms in total. The number of pyridine rings is 1. The molecule has 4 heterocycles. The van der Waals surface area contributed by atoms with Crippen LogP contribution in [0.25, 0.3) is 22.4 Å². The smallest absolute Gasteiger partial charge is 0.249 e. The lowest BCUT2D eigenvalue weighted by molar-refractivity contribution is 0.356. The van der Waals surface area contributed by atoms with Crippen molar-refractivity contribution >= 4 is 16.9 Å². The van der Waals surface area contributed by atoms with Gasteiger partial charge in [-0.25, -0.2) is 9.97 Å². The molecule has 0 unspecified atom stereocenters. The molecule has 0 aliphatic heterocycles. The van der Waals surface area contributed by atoms with Crippen molar-refractivity contribution in [3.05, 3.63) is 42.4 Å². The van der Waals surface area contributed by atoms with E-state index in [2.05, 4.69) is 30.5 Å². The first-order chi connectivity index (χ1) is 12.7. The van der Waals surface area contributed by atoms with Gasteiger partial charge in [0.25, 0.3) is 0 Å². The fourth-order valence-electron chi connectivity index (χ4n) is 2.72. The molecule has 0 saturated carbocycles. The number of fused-ring (bicyclic) bond motifs is 1. The summed E-state index contributed by atoms with van der Waals surface area (Å²) in [7, 11) is 1.86. The average Bonchev–Trinajstić information content (AvgIpc) is 3.26. The predicted octanol–water partition coefficient (Wildman–Crippen LogP) is 2.68. The fourth-order valence-corrected chi connectivity index (χ4v) is 2.72. The molecule has 0 spiro atoms. The van der Waals surface area contributed by atoms with Crippen molar-refractivity contribution in [2.45, 2.75) is 26.3 Å². The Morgan fingerprint density at radius 3 is 2.69 bits per heavy atom. The first kappa shape index (κ1) is 16.1. The molecule has 4 aromatic rings. The van der Waals surface area contributed by atoms with Gasteiger partial charge in [0.1, 0.15) is 11.9 Å². The second kappa shape index (κ2) is 6.51. The number of aromatic nitrogens is 7. The van der Waals surface area contributed by atoms with Gasteiger partial charge in [0.15, 0.2) is 17.3 Å². The Balaban J connectivity index is 1.80. The summed E-state index contributed by atoms with van der Waals surface area (Å²) in [6.45, 7) is 3.84. The van der Waals surface area contributed by atoms with E-state index in [1.165, 1.54) is 0 Å². The summed E-state index contributed by atoms with van der Waals surface area (Å²) in [6.07, 6.45) is 5.95. The second-order valence-electron chi connectivity index (χ2n) is 5.92. The van der Waals surface area contributed by atoms with Gasteiger partial charge in [-0.05, 0) is 25.5 Å². The zero-order valence-electron chi connectivity index (χ0n) is 14.7. The van der Waals surface area contributed by atoms with E-state index in [0.29, 0.717) is 23.4 Å². The van der Waals surface area contributed by atoms with Crippen LogP contribution in [0.4, 0.5) is 5.82 Å². The Morgan fingerprint density at radius 2 is 2.00 bits per heavy atom. The summed E-state index contributed by atoms with van der Waals surface area (Å²) >= 11 is 0. The molecule has 0 aliphatic rings. The van der Waals surface area contributed by atoms with E-state index in [1.807, 2.05) is 26.1 Å².